The van der Waals surface area contributed by atoms with E-state index in [1.54, 1.807) is 31.2 Å². The maximum absolute atomic E-state index is 12.4. The number of carbonyl (C=O) groups excluding carboxylic acids is 3. The first-order valence-corrected chi connectivity index (χ1v) is 7.28. The van der Waals surface area contributed by atoms with Crippen LogP contribution in [0.1, 0.15) is 23.0 Å². The van der Waals surface area contributed by atoms with Crippen molar-refractivity contribution in [1.82, 2.24) is 5.43 Å². The molecule has 0 atom stereocenters. The van der Waals surface area contributed by atoms with Gasteiger partial charge in [0.1, 0.15) is 11.3 Å². The van der Waals surface area contributed by atoms with Gasteiger partial charge in [-0.05, 0) is 49.4 Å². The zero-order valence-electron chi connectivity index (χ0n) is 12.8. The number of hydrogen-bond donors (Lipinski definition) is 1. The van der Waals surface area contributed by atoms with Crippen molar-refractivity contribution in [3.05, 3.63) is 59.6 Å². The topological polar surface area (TPSA) is 88.8 Å². The molecule has 24 heavy (non-hydrogen) atoms. The number of furan rings is 1. The third-order valence-electron chi connectivity index (χ3n) is 3.36. The quantitative estimate of drug-likeness (QED) is 0.527. The first-order valence-electron chi connectivity index (χ1n) is 7.28. The minimum atomic E-state index is -0.522. The van der Waals surface area contributed by atoms with Gasteiger partial charge in [-0.2, -0.15) is 0 Å². The van der Waals surface area contributed by atoms with Crippen molar-refractivity contribution in [1.29, 1.82) is 0 Å². The van der Waals surface area contributed by atoms with Crippen LogP contribution in [-0.2, 0) is 14.3 Å². The maximum atomic E-state index is 12.4. The molecule has 1 aromatic heterocycles. The van der Waals surface area contributed by atoms with E-state index in [1.165, 1.54) is 24.5 Å². The molecule has 0 unspecified atom stereocenters. The largest absolute Gasteiger partial charge is 0.465 e. The Balaban J connectivity index is 1.82. The predicted molar refractivity (Wildman–Crippen MR) is 84.7 cm³/mol. The fourth-order valence-corrected chi connectivity index (χ4v) is 2.22. The van der Waals surface area contributed by atoms with Gasteiger partial charge in [0.2, 0.25) is 0 Å². The van der Waals surface area contributed by atoms with E-state index in [0.717, 1.165) is 5.01 Å². The van der Waals surface area contributed by atoms with Crippen LogP contribution >= 0.6 is 0 Å². The molecule has 7 nitrogen and oxygen atoms in total. The van der Waals surface area contributed by atoms with Crippen LogP contribution in [-0.4, -0.2) is 24.4 Å². The van der Waals surface area contributed by atoms with Crippen LogP contribution in [0, 0.1) is 0 Å². The average molecular weight is 326 g/mol. The second-order valence-electron chi connectivity index (χ2n) is 4.92. The fourth-order valence-electron chi connectivity index (χ4n) is 2.22. The minimum Gasteiger partial charge on any atom is -0.465 e. The summed E-state index contributed by atoms with van der Waals surface area (Å²) in [5.41, 5.74) is 3.25. The summed E-state index contributed by atoms with van der Waals surface area (Å²) >= 11 is 0. The lowest BCUT2D eigenvalue weighted by molar-refractivity contribution is -0.117. The smallest absolute Gasteiger partial charge is 0.338 e. The Kier molecular flexibility index (Phi) is 4.15. The highest BCUT2D eigenvalue weighted by Crippen LogP contribution is 2.22. The summed E-state index contributed by atoms with van der Waals surface area (Å²) in [4.78, 5) is 36.0. The Hall–Kier alpha value is -3.35. The summed E-state index contributed by atoms with van der Waals surface area (Å²) < 4.78 is 10.0. The highest BCUT2D eigenvalue weighted by molar-refractivity contribution is 6.31. The van der Waals surface area contributed by atoms with Gasteiger partial charge in [0.15, 0.2) is 0 Å². The van der Waals surface area contributed by atoms with Gasteiger partial charge < -0.3 is 9.15 Å². The van der Waals surface area contributed by atoms with Crippen molar-refractivity contribution in [2.75, 3.05) is 11.6 Å². The third kappa shape index (κ3) is 2.91. The summed E-state index contributed by atoms with van der Waals surface area (Å²) in [5.74, 6) is -1.06. The highest BCUT2D eigenvalue weighted by Gasteiger charge is 2.34. The van der Waals surface area contributed by atoms with Crippen LogP contribution in [0.3, 0.4) is 0 Å². The number of carbonyl (C=O) groups is 3. The van der Waals surface area contributed by atoms with Gasteiger partial charge in [-0.1, -0.05) is 0 Å². The number of amides is 2. The molecule has 7 heteroatoms. The van der Waals surface area contributed by atoms with E-state index in [0.29, 0.717) is 17.0 Å². The van der Waals surface area contributed by atoms with E-state index in [4.69, 9.17) is 9.15 Å². The first kappa shape index (κ1) is 15.5. The number of hydrogen-bond acceptors (Lipinski definition) is 5. The molecule has 3 rings (SSSR count). The van der Waals surface area contributed by atoms with Gasteiger partial charge in [-0.25, -0.2) is 9.80 Å². The molecule has 2 heterocycles. The van der Waals surface area contributed by atoms with E-state index < -0.39 is 17.8 Å². The third-order valence-corrected chi connectivity index (χ3v) is 3.36. The minimum absolute atomic E-state index is 0.0283. The molecule has 2 amide bonds. The Labute approximate surface area is 137 Å². The molecule has 0 spiro atoms. The van der Waals surface area contributed by atoms with Crippen molar-refractivity contribution >= 4 is 29.5 Å². The zero-order valence-corrected chi connectivity index (χ0v) is 12.8. The van der Waals surface area contributed by atoms with Gasteiger partial charge >= 0.3 is 5.97 Å². The average Bonchev–Trinajstić information content (AvgIpc) is 3.19. The summed E-state index contributed by atoms with van der Waals surface area (Å²) in [5, 5.41) is 1.12. The van der Waals surface area contributed by atoms with Crippen LogP contribution in [0.25, 0.3) is 6.08 Å². The standard InChI is InChI=1S/C17H14N2O5/c1-2-23-17(22)11-5-7-12(8-6-11)19-16(21)14(15(20)18-19)10-13-4-3-9-24-13/h3-10H,2H2,1H3,(H,18,20). The number of esters is 1. The van der Waals surface area contributed by atoms with Crippen LogP contribution < -0.4 is 10.4 Å². The molecule has 1 aliphatic heterocycles. The number of ether oxygens (including phenoxy) is 1. The Morgan fingerprint density at radius 1 is 1.25 bits per heavy atom. The summed E-state index contributed by atoms with van der Waals surface area (Å²) in [6.45, 7) is 2.00. The van der Waals surface area contributed by atoms with Crippen LogP contribution in [0.5, 0.6) is 0 Å². The Morgan fingerprint density at radius 2 is 2.00 bits per heavy atom. The number of hydrazine groups is 1. The molecular formula is C17H14N2O5. The first-order chi connectivity index (χ1) is 11.6. The molecule has 1 N–H and O–H groups in total. The highest BCUT2D eigenvalue weighted by atomic mass is 16.5. The van der Waals surface area contributed by atoms with Gasteiger partial charge in [-0.15, -0.1) is 0 Å². The van der Waals surface area contributed by atoms with E-state index in [2.05, 4.69) is 5.43 Å². The monoisotopic (exact) mass is 326 g/mol. The van der Waals surface area contributed by atoms with Crippen molar-refractivity contribution in [2.45, 2.75) is 6.92 Å². The van der Waals surface area contributed by atoms with Gasteiger partial charge in [-0.3, -0.25) is 15.0 Å². The SMILES string of the molecule is CCOC(=O)c1ccc(N2NC(=O)C(=Cc3ccco3)C2=O)cc1. The number of nitrogens with one attached hydrogen (secondary N) is 1. The summed E-state index contributed by atoms with van der Waals surface area (Å²) in [6.07, 6.45) is 2.83. The molecule has 1 fully saturated rings. The number of rotatable bonds is 4. The van der Waals surface area contributed by atoms with Gasteiger partial charge in [0.25, 0.3) is 11.8 Å². The number of anilines is 1. The molecular weight excluding hydrogens is 312 g/mol. The van der Waals surface area contributed by atoms with Crippen molar-refractivity contribution in [3.63, 3.8) is 0 Å². The predicted octanol–water partition coefficient (Wildman–Crippen LogP) is 1.92. The van der Waals surface area contributed by atoms with Crippen molar-refractivity contribution in [3.8, 4) is 0 Å². The lowest BCUT2D eigenvalue weighted by Gasteiger charge is -2.14. The molecule has 1 aliphatic rings. The van der Waals surface area contributed by atoms with Crippen molar-refractivity contribution < 1.29 is 23.5 Å². The molecule has 2 aromatic rings. The molecule has 0 bridgehead atoms. The van der Waals surface area contributed by atoms with Crippen LogP contribution in [0.4, 0.5) is 5.69 Å². The van der Waals surface area contributed by atoms with E-state index in [-0.39, 0.29) is 12.2 Å². The van der Waals surface area contributed by atoms with Crippen molar-refractivity contribution in [2.24, 2.45) is 0 Å². The summed E-state index contributed by atoms with van der Waals surface area (Å²) in [6, 6.07) is 9.47. The van der Waals surface area contributed by atoms with Crippen LogP contribution in [0.2, 0.25) is 0 Å². The lowest BCUT2D eigenvalue weighted by atomic mass is 10.2. The van der Waals surface area contributed by atoms with E-state index in [1.807, 2.05) is 0 Å². The summed E-state index contributed by atoms with van der Waals surface area (Å²) in [7, 11) is 0. The Morgan fingerprint density at radius 3 is 2.62 bits per heavy atom. The fraction of sp³-hybridized carbons (Fsp3) is 0.118. The molecule has 0 saturated carbocycles. The Bertz CT molecular complexity index is 806. The van der Waals surface area contributed by atoms with Gasteiger partial charge in [0.05, 0.1) is 24.1 Å². The van der Waals surface area contributed by atoms with E-state index in [9.17, 15) is 14.4 Å². The zero-order chi connectivity index (χ0) is 17.1. The van der Waals surface area contributed by atoms with E-state index >= 15 is 0 Å². The molecule has 122 valence electrons. The number of benzene rings is 1. The second kappa shape index (κ2) is 6.41. The lowest BCUT2D eigenvalue weighted by Crippen LogP contribution is -2.35. The molecule has 1 saturated heterocycles. The molecule has 1 aromatic carbocycles. The molecule has 0 aliphatic carbocycles. The van der Waals surface area contributed by atoms with Gasteiger partial charge in [0, 0.05) is 0 Å². The molecule has 0 radical (unpaired) electrons. The van der Waals surface area contributed by atoms with Crippen LogP contribution in [0.15, 0.2) is 52.7 Å². The second-order valence-corrected chi connectivity index (χ2v) is 4.92. The normalized spacial score (nSPS) is 15.7. The number of nitrogens with zero attached hydrogens (tertiary/aromatic N) is 1. The maximum Gasteiger partial charge on any atom is 0.338 e.